The van der Waals surface area contributed by atoms with E-state index in [1.54, 1.807) is 34.8 Å². The molecule has 0 amide bonds. The van der Waals surface area contributed by atoms with Crippen LogP contribution < -0.4 is 4.74 Å². The van der Waals surface area contributed by atoms with Crippen LogP contribution in [0.4, 0.5) is 0 Å². The number of halogens is 1. The monoisotopic (exact) mass is 478 g/mol. The van der Waals surface area contributed by atoms with Gasteiger partial charge in [-0.2, -0.15) is 4.31 Å². The zero-order valence-electron chi connectivity index (χ0n) is 15.9. The molecule has 0 spiro atoms. The van der Waals surface area contributed by atoms with Crippen LogP contribution in [0.5, 0.6) is 5.88 Å². The van der Waals surface area contributed by atoms with Gasteiger partial charge in [0.25, 0.3) is 0 Å². The molecule has 2 aromatic rings. The minimum atomic E-state index is -3.48. The van der Waals surface area contributed by atoms with Gasteiger partial charge in [0.15, 0.2) is 0 Å². The van der Waals surface area contributed by atoms with Crippen LogP contribution in [0.3, 0.4) is 0 Å². The van der Waals surface area contributed by atoms with Gasteiger partial charge in [0.1, 0.15) is 6.10 Å². The summed E-state index contributed by atoms with van der Waals surface area (Å²) in [6.07, 6.45) is 6.74. The fourth-order valence-corrected chi connectivity index (χ4v) is 5.91. The van der Waals surface area contributed by atoms with Crippen molar-refractivity contribution in [3.63, 3.8) is 0 Å². The molecule has 1 aliphatic carbocycles. The normalized spacial score (nSPS) is 25.7. The Morgan fingerprint density at radius 1 is 1.03 bits per heavy atom. The van der Waals surface area contributed by atoms with Crippen LogP contribution in [0.2, 0.25) is 0 Å². The van der Waals surface area contributed by atoms with Gasteiger partial charge in [0.2, 0.25) is 15.9 Å². The minimum Gasteiger partial charge on any atom is -0.472 e. The van der Waals surface area contributed by atoms with Crippen LogP contribution in [-0.2, 0) is 10.0 Å². The highest BCUT2D eigenvalue weighted by Gasteiger charge is 2.40. The van der Waals surface area contributed by atoms with Gasteiger partial charge in [0.05, 0.1) is 23.0 Å². The number of fused-ring (bicyclic) bond motifs is 1. The summed E-state index contributed by atoms with van der Waals surface area (Å²) in [6.45, 7) is 2.50. The molecule has 1 aromatic heterocycles. The highest BCUT2D eigenvalue weighted by molar-refractivity contribution is 9.10. The minimum absolute atomic E-state index is 0.0106. The van der Waals surface area contributed by atoms with Crippen molar-refractivity contribution in [2.24, 2.45) is 0 Å². The predicted molar refractivity (Wildman–Crippen MR) is 111 cm³/mol. The average molecular weight is 479 g/mol. The summed E-state index contributed by atoms with van der Waals surface area (Å²) in [5.74, 6) is 1.13. The van der Waals surface area contributed by atoms with Crippen LogP contribution in [-0.4, -0.2) is 65.9 Å². The van der Waals surface area contributed by atoms with E-state index in [1.165, 1.54) is 12.8 Å². The molecule has 3 fully saturated rings. The fraction of sp³-hybridized carbons (Fsp3) is 0.500. The van der Waals surface area contributed by atoms with Crippen molar-refractivity contribution < 1.29 is 13.2 Å². The second kappa shape index (κ2) is 7.61. The molecule has 3 aliphatic rings. The van der Waals surface area contributed by atoms with E-state index in [9.17, 15) is 8.42 Å². The summed E-state index contributed by atoms with van der Waals surface area (Å²) < 4.78 is 34.5. The summed E-state index contributed by atoms with van der Waals surface area (Å²) in [4.78, 5) is 11.5. The molecule has 3 heterocycles. The van der Waals surface area contributed by atoms with Gasteiger partial charge in [-0.15, -0.1) is 0 Å². The second-order valence-electron chi connectivity index (χ2n) is 8.00. The lowest BCUT2D eigenvalue weighted by Gasteiger charge is -2.36. The molecule has 1 aromatic carbocycles. The van der Waals surface area contributed by atoms with Gasteiger partial charge in [0, 0.05) is 49.0 Å². The Bertz CT molecular complexity index is 980. The summed E-state index contributed by atoms with van der Waals surface area (Å²) in [5, 5.41) is 0. The SMILES string of the molecule is O=S(=O)(c1ccc(Br)cc1)N1CCN2C[C@H](Oc3cnc(C4CC4)cn3)C[C@H]2C1. The number of aromatic nitrogens is 2. The first-order valence-electron chi connectivity index (χ1n) is 9.97. The topological polar surface area (TPSA) is 75.6 Å². The van der Waals surface area contributed by atoms with E-state index in [1.807, 2.05) is 6.20 Å². The van der Waals surface area contributed by atoms with Crippen molar-refractivity contribution in [3.8, 4) is 5.88 Å². The first-order valence-corrected chi connectivity index (χ1v) is 12.2. The van der Waals surface area contributed by atoms with Gasteiger partial charge >= 0.3 is 0 Å². The Hall–Kier alpha value is -1.55. The first kappa shape index (κ1) is 19.4. The molecule has 154 valence electrons. The zero-order chi connectivity index (χ0) is 20.0. The lowest BCUT2D eigenvalue weighted by atomic mass is 10.2. The molecule has 2 atom stereocenters. The molecule has 2 aliphatic heterocycles. The number of hydrogen-bond acceptors (Lipinski definition) is 6. The molecule has 7 nitrogen and oxygen atoms in total. The number of rotatable bonds is 5. The fourth-order valence-electron chi connectivity index (χ4n) is 4.17. The average Bonchev–Trinajstić information content (AvgIpc) is 3.48. The zero-order valence-corrected chi connectivity index (χ0v) is 18.3. The van der Waals surface area contributed by atoms with Crippen molar-refractivity contribution in [2.75, 3.05) is 26.2 Å². The van der Waals surface area contributed by atoms with E-state index in [4.69, 9.17) is 4.74 Å². The third kappa shape index (κ3) is 4.05. The van der Waals surface area contributed by atoms with Crippen LogP contribution in [0.15, 0.2) is 46.0 Å². The van der Waals surface area contributed by atoms with E-state index < -0.39 is 10.0 Å². The molecule has 2 saturated heterocycles. The molecule has 0 unspecified atom stereocenters. The number of nitrogens with zero attached hydrogens (tertiary/aromatic N) is 4. The van der Waals surface area contributed by atoms with E-state index in [0.717, 1.165) is 23.1 Å². The Morgan fingerprint density at radius 2 is 1.83 bits per heavy atom. The Balaban J connectivity index is 1.22. The highest BCUT2D eigenvalue weighted by atomic mass is 79.9. The highest BCUT2D eigenvalue weighted by Crippen LogP contribution is 2.38. The maximum atomic E-state index is 13.0. The largest absolute Gasteiger partial charge is 0.472 e. The lowest BCUT2D eigenvalue weighted by Crippen LogP contribution is -2.51. The Kier molecular flexibility index (Phi) is 5.09. The quantitative estimate of drug-likeness (QED) is 0.657. The van der Waals surface area contributed by atoms with E-state index in [-0.39, 0.29) is 12.1 Å². The number of ether oxygens (including phenoxy) is 1. The van der Waals surface area contributed by atoms with E-state index >= 15 is 0 Å². The smallest absolute Gasteiger partial charge is 0.243 e. The van der Waals surface area contributed by atoms with E-state index in [0.29, 0.717) is 36.3 Å². The van der Waals surface area contributed by atoms with Gasteiger partial charge in [-0.05, 0) is 37.1 Å². The van der Waals surface area contributed by atoms with Crippen molar-refractivity contribution in [1.29, 1.82) is 0 Å². The van der Waals surface area contributed by atoms with Crippen LogP contribution >= 0.6 is 15.9 Å². The van der Waals surface area contributed by atoms with Gasteiger partial charge < -0.3 is 4.74 Å². The van der Waals surface area contributed by atoms with Crippen LogP contribution in [0.25, 0.3) is 0 Å². The van der Waals surface area contributed by atoms with Crippen molar-refractivity contribution >= 4 is 26.0 Å². The maximum Gasteiger partial charge on any atom is 0.243 e. The number of hydrogen-bond donors (Lipinski definition) is 0. The molecular weight excluding hydrogens is 456 g/mol. The molecule has 29 heavy (non-hydrogen) atoms. The molecule has 0 bridgehead atoms. The van der Waals surface area contributed by atoms with E-state index in [2.05, 4.69) is 30.8 Å². The standard InChI is InChI=1S/C20H23BrN4O3S/c21-15-3-5-18(6-4-15)29(26,27)25-8-7-24-13-17(9-16(24)12-25)28-20-11-22-19(10-23-20)14-1-2-14/h3-6,10-11,14,16-17H,1-2,7-9,12-13H2/t16-,17+/m0/s1. The predicted octanol–water partition coefficient (Wildman–Crippen LogP) is 2.64. The summed E-state index contributed by atoms with van der Waals surface area (Å²) in [6, 6.07) is 6.99. The maximum absolute atomic E-state index is 13.0. The van der Waals surface area contributed by atoms with Crippen LogP contribution in [0, 0.1) is 0 Å². The molecule has 1 saturated carbocycles. The summed E-state index contributed by atoms with van der Waals surface area (Å²) >= 11 is 3.35. The first-order chi connectivity index (χ1) is 14.0. The number of benzene rings is 1. The Labute approximate surface area is 179 Å². The molecular formula is C20H23BrN4O3S. The van der Waals surface area contributed by atoms with Gasteiger partial charge in [-0.1, -0.05) is 15.9 Å². The molecule has 0 radical (unpaired) electrons. The molecule has 9 heteroatoms. The van der Waals surface area contributed by atoms with Crippen molar-refractivity contribution in [3.05, 3.63) is 46.8 Å². The van der Waals surface area contributed by atoms with Crippen molar-refractivity contribution in [2.45, 2.75) is 42.2 Å². The third-order valence-corrected chi connectivity index (χ3v) is 8.33. The van der Waals surface area contributed by atoms with Crippen LogP contribution in [0.1, 0.15) is 30.9 Å². The molecule has 0 N–H and O–H groups in total. The summed E-state index contributed by atoms with van der Waals surface area (Å²) in [5.41, 5.74) is 1.05. The number of piperazine rings is 1. The number of sulfonamides is 1. The van der Waals surface area contributed by atoms with Crippen molar-refractivity contribution in [1.82, 2.24) is 19.2 Å². The third-order valence-electron chi connectivity index (χ3n) is 5.92. The lowest BCUT2D eigenvalue weighted by molar-refractivity contribution is 0.151. The summed E-state index contributed by atoms with van der Waals surface area (Å²) in [7, 11) is -3.48. The molecule has 5 rings (SSSR count). The Morgan fingerprint density at radius 3 is 2.52 bits per heavy atom. The van der Waals surface area contributed by atoms with Gasteiger partial charge in [-0.25, -0.2) is 13.4 Å². The van der Waals surface area contributed by atoms with Gasteiger partial charge in [-0.3, -0.25) is 9.88 Å². The second-order valence-corrected chi connectivity index (χ2v) is 10.8.